The number of nitrogens with zero attached hydrogens (tertiary/aromatic N) is 5. The minimum atomic E-state index is -0.370. The number of azo groups is 1. The maximum atomic E-state index is 11.6. The first kappa shape index (κ1) is 10.8. The number of hydrazone groups is 1. The first-order valence-electron chi connectivity index (χ1n) is 5.65. The number of amides is 1. The monoisotopic (exact) mass is 241 g/mol. The van der Waals surface area contributed by atoms with Crippen LogP contribution in [0.4, 0.5) is 0 Å². The Bertz CT molecular complexity index is 575. The lowest BCUT2D eigenvalue weighted by atomic mass is 10.2. The Morgan fingerprint density at radius 3 is 2.72 bits per heavy atom. The standard InChI is InChI=1S/C12H11N5O/c1-8-7-10(18)17(16-8)12-13-11(14-15-12)9-5-3-2-4-6-9/h2-6,11H,7H2,1H3. The molecule has 1 atom stereocenters. The van der Waals surface area contributed by atoms with Crippen molar-refractivity contribution in [1.29, 1.82) is 0 Å². The van der Waals surface area contributed by atoms with Crippen LogP contribution in [-0.4, -0.2) is 22.6 Å². The largest absolute Gasteiger partial charge is 0.272 e. The molecule has 2 aliphatic rings. The van der Waals surface area contributed by atoms with Crippen LogP contribution in [0.5, 0.6) is 0 Å². The average Bonchev–Trinajstić information content (AvgIpc) is 2.97. The van der Waals surface area contributed by atoms with Crippen LogP contribution in [0, 0.1) is 0 Å². The molecule has 6 heteroatoms. The van der Waals surface area contributed by atoms with Gasteiger partial charge in [0.25, 0.3) is 11.9 Å². The van der Waals surface area contributed by atoms with Crippen LogP contribution in [0.3, 0.4) is 0 Å². The van der Waals surface area contributed by atoms with E-state index in [4.69, 9.17) is 0 Å². The molecule has 6 nitrogen and oxygen atoms in total. The Morgan fingerprint density at radius 2 is 2.06 bits per heavy atom. The van der Waals surface area contributed by atoms with Crippen LogP contribution in [0.15, 0.2) is 50.7 Å². The number of hydrogen-bond donors (Lipinski definition) is 0. The minimum absolute atomic E-state index is 0.112. The number of hydrogen-bond acceptors (Lipinski definition) is 5. The van der Waals surface area contributed by atoms with Gasteiger partial charge in [-0.05, 0) is 6.92 Å². The molecular weight excluding hydrogens is 230 g/mol. The fraction of sp³-hybridized carbons (Fsp3) is 0.250. The summed E-state index contributed by atoms with van der Waals surface area (Å²) in [6.07, 6.45) is -0.0463. The van der Waals surface area contributed by atoms with Crippen molar-refractivity contribution in [2.24, 2.45) is 20.3 Å². The zero-order valence-corrected chi connectivity index (χ0v) is 9.82. The molecule has 1 aromatic carbocycles. The van der Waals surface area contributed by atoms with Gasteiger partial charge in [0, 0.05) is 11.3 Å². The quantitative estimate of drug-likeness (QED) is 0.742. The summed E-state index contributed by atoms with van der Waals surface area (Å²) in [6, 6.07) is 9.62. The summed E-state index contributed by atoms with van der Waals surface area (Å²) in [5.74, 6) is 0.157. The van der Waals surface area contributed by atoms with Crippen molar-refractivity contribution in [3.8, 4) is 0 Å². The van der Waals surface area contributed by atoms with E-state index >= 15 is 0 Å². The molecule has 0 fully saturated rings. The summed E-state index contributed by atoms with van der Waals surface area (Å²) in [5, 5.41) is 13.3. The summed E-state index contributed by atoms with van der Waals surface area (Å²) in [7, 11) is 0. The Kier molecular flexibility index (Phi) is 2.47. The van der Waals surface area contributed by atoms with Crippen molar-refractivity contribution in [2.45, 2.75) is 19.5 Å². The van der Waals surface area contributed by atoms with Gasteiger partial charge in [-0.15, -0.1) is 5.11 Å². The van der Waals surface area contributed by atoms with Gasteiger partial charge in [-0.2, -0.15) is 15.2 Å². The topological polar surface area (TPSA) is 69.8 Å². The maximum Gasteiger partial charge on any atom is 0.270 e. The SMILES string of the molecule is CC1=NN(C2=NC(c3ccccc3)N=N2)C(=O)C1. The van der Waals surface area contributed by atoms with E-state index in [1.54, 1.807) is 6.92 Å². The summed E-state index contributed by atoms with van der Waals surface area (Å²) in [5.41, 5.74) is 1.71. The van der Waals surface area contributed by atoms with Gasteiger partial charge >= 0.3 is 0 Å². The van der Waals surface area contributed by atoms with Crippen molar-refractivity contribution in [3.05, 3.63) is 35.9 Å². The number of carbonyl (C=O) groups is 1. The highest BCUT2D eigenvalue weighted by Gasteiger charge is 2.29. The van der Waals surface area contributed by atoms with Gasteiger partial charge in [-0.25, -0.2) is 4.99 Å². The van der Waals surface area contributed by atoms with Gasteiger partial charge in [0.05, 0.1) is 6.42 Å². The second-order valence-corrected chi connectivity index (χ2v) is 4.15. The van der Waals surface area contributed by atoms with E-state index in [9.17, 15) is 4.79 Å². The molecule has 0 aliphatic carbocycles. The van der Waals surface area contributed by atoms with Gasteiger partial charge < -0.3 is 0 Å². The highest BCUT2D eigenvalue weighted by Crippen LogP contribution is 2.25. The lowest BCUT2D eigenvalue weighted by Gasteiger charge is -2.06. The van der Waals surface area contributed by atoms with Crippen LogP contribution < -0.4 is 0 Å². The molecule has 0 bridgehead atoms. The van der Waals surface area contributed by atoms with E-state index in [1.165, 1.54) is 5.01 Å². The van der Waals surface area contributed by atoms with Gasteiger partial charge in [0.15, 0.2) is 6.17 Å². The molecule has 18 heavy (non-hydrogen) atoms. The normalized spacial score (nSPS) is 22.4. The van der Waals surface area contributed by atoms with Crippen LogP contribution in [0.1, 0.15) is 25.1 Å². The highest BCUT2D eigenvalue weighted by atomic mass is 16.2. The molecule has 0 radical (unpaired) electrons. The maximum absolute atomic E-state index is 11.6. The molecule has 90 valence electrons. The Morgan fingerprint density at radius 1 is 1.28 bits per heavy atom. The van der Waals surface area contributed by atoms with E-state index in [1.807, 2.05) is 30.3 Å². The third kappa shape index (κ3) is 1.81. The summed E-state index contributed by atoms with van der Waals surface area (Å²) >= 11 is 0. The van der Waals surface area contributed by atoms with E-state index in [-0.39, 0.29) is 18.0 Å². The van der Waals surface area contributed by atoms with Crippen molar-refractivity contribution in [2.75, 3.05) is 0 Å². The molecule has 0 spiro atoms. The fourth-order valence-electron chi connectivity index (χ4n) is 1.84. The second kappa shape index (κ2) is 4.14. The Labute approximate surface area is 104 Å². The molecule has 1 unspecified atom stereocenters. The van der Waals surface area contributed by atoms with Gasteiger partial charge in [0.1, 0.15) is 0 Å². The van der Waals surface area contributed by atoms with Crippen molar-refractivity contribution < 1.29 is 4.79 Å². The molecule has 1 aromatic rings. The molecule has 3 rings (SSSR count). The number of guanidine groups is 1. The number of carbonyl (C=O) groups excluding carboxylic acids is 1. The first-order valence-corrected chi connectivity index (χ1v) is 5.65. The Hall–Kier alpha value is -2.37. The van der Waals surface area contributed by atoms with Gasteiger partial charge in [-0.1, -0.05) is 30.3 Å². The van der Waals surface area contributed by atoms with Gasteiger partial charge in [0.2, 0.25) is 0 Å². The molecule has 0 saturated carbocycles. The molecule has 1 amide bonds. The second-order valence-electron chi connectivity index (χ2n) is 4.15. The first-order chi connectivity index (χ1) is 8.74. The van der Waals surface area contributed by atoms with E-state index in [0.717, 1.165) is 11.3 Å². The minimum Gasteiger partial charge on any atom is -0.272 e. The molecular formula is C12H11N5O. The number of rotatable bonds is 1. The van der Waals surface area contributed by atoms with Crippen LogP contribution >= 0.6 is 0 Å². The van der Waals surface area contributed by atoms with Crippen LogP contribution in [0.2, 0.25) is 0 Å². The predicted octanol–water partition coefficient (Wildman–Crippen LogP) is 2.12. The van der Waals surface area contributed by atoms with Crippen LogP contribution in [-0.2, 0) is 4.79 Å². The van der Waals surface area contributed by atoms with Crippen molar-refractivity contribution >= 4 is 17.6 Å². The lowest BCUT2D eigenvalue weighted by Crippen LogP contribution is -2.25. The summed E-state index contributed by atoms with van der Waals surface area (Å²) < 4.78 is 0. The summed E-state index contributed by atoms with van der Waals surface area (Å²) in [4.78, 5) is 16.0. The Balaban J connectivity index is 1.85. The molecule has 2 aliphatic heterocycles. The smallest absolute Gasteiger partial charge is 0.270 e. The zero-order chi connectivity index (χ0) is 12.5. The number of aliphatic imine (C=N–C) groups is 1. The van der Waals surface area contributed by atoms with Crippen LogP contribution in [0.25, 0.3) is 0 Å². The van der Waals surface area contributed by atoms with Crippen molar-refractivity contribution in [3.63, 3.8) is 0 Å². The zero-order valence-electron chi connectivity index (χ0n) is 9.82. The number of benzene rings is 1. The van der Waals surface area contributed by atoms with Gasteiger partial charge in [-0.3, -0.25) is 4.79 Å². The van der Waals surface area contributed by atoms with E-state index in [0.29, 0.717) is 6.42 Å². The molecule has 0 N–H and O–H groups in total. The third-order valence-electron chi connectivity index (χ3n) is 2.70. The van der Waals surface area contributed by atoms with Crippen molar-refractivity contribution in [1.82, 2.24) is 5.01 Å². The van der Waals surface area contributed by atoms with E-state index < -0.39 is 0 Å². The molecule has 0 aromatic heterocycles. The predicted molar refractivity (Wildman–Crippen MR) is 66.0 cm³/mol. The lowest BCUT2D eigenvalue weighted by molar-refractivity contribution is -0.125. The van der Waals surface area contributed by atoms with E-state index in [2.05, 4.69) is 20.3 Å². The molecule has 2 heterocycles. The average molecular weight is 241 g/mol. The molecule has 0 saturated heterocycles. The highest BCUT2D eigenvalue weighted by molar-refractivity contribution is 6.11. The third-order valence-corrected chi connectivity index (χ3v) is 2.70. The fourth-order valence-corrected chi connectivity index (χ4v) is 1.84. The summed E-state index contributed by atoms with van der Waals surface area (Å²) in [6.45, 7) is 1.80.